The third-order valence-corrected chi connectivity index (χ3v) is 7.36. The van der Waals surface area contributed by atoms with E-state index >= 15 is 0 Å². The van der Waals surface area contributed by atoms with Gasteiger partial charge < -0.3 is 16.2 Å². The van der Waals surface area contributed by atoms with Gasteiger partial charge >= 0.3 is 0 Å². The fourth-order valence-corrected chi connectivity index (χ4v) is 5.73. The number of aliphatic hydroxyl groups excluding tert-OH is 1. The number of rotatable bonds is 4. The van der Waals surface area contributed by atoms with Crippen LogP contribution >= 0.6 is 11.3 Å². The first-order valence-corrected chi connectivity index (χ1v) is 11.2. The lowest BCUT2D eigenvalue weighted by atomic mass is 9.93. The van der Waals surface area contributed by atoms with E-state index in [1.54, 1.807) is 11.3 Å². The number of hydrogen-bond donors (Lipinski definition) is 3. The van der Waals surface area contributed by atoms with Crippen LogP contribution in [0.25, 0.3) is 10.2 Å². The number of aryl methyl sites for hydroxylation is 2. The molecule has 0 spiro atoms. The van der Waals surface area contributed by atoms with E-state index in [4.69, 9.17) is 10.7 Å². The summed E-state index contributed by atoms with van der Waals surface area (Å²) in [5.74, 6) is 0.881. The smallest absolute Gasteiger partial charge is 0.227 e. The van der Waals surface area contributed by atoms with Gasteiger partial charge in [-0.25, -0.2) is 9.97 Å². The molecule has 0 unspecified atom stereocenters. The van der Waals surface area contributed by atoms with Crippen molar-refractivity contribution in [2.75, 3.05) is 18.8 Å². The van der Waals surface area contributed by atoms with Crippen molar-refractivity contribution >= 4 is 33.3 Å². The maximum atomic E-state index is 12.5. The van der Waals surface area contributed by atoms with Crippen molar-refractivity contribution in [3.8, 4) is 0 Å². The van der Waals surface area contributed by atoms with Gasteiger partial charge in [0.2, 0.25) is 5.91 Å². The van der Waals surface area contributed by atoms with Crippen molar-refractivity contribution in [3.63, 3.8) is 0 Å². The fraction of sp³-hybridized carbons (Fsp3) is 0.650. The molecule has 1 saturated carbocycles. The second kappa shape index (κ2) is 7.24. The Kier molecular flexibility index (Phi) is 4.72. The number of thiophene rings is 1. The van der Waals surface area contributed by atoms with E-state index in [-0.39, 0.29) is 11.8 Å². The molecule has 2 fully saturated rings. The average Bonchev–Trinajstić information content (AvgIpc) is 3.40. The van der Waals surface area contributed by atoms with Crippen LogP contribution in [0.1, 0.15) is 48.4 Å². The van der Waals surface area contributed by atoms with Gasteiger partial charge in [-0.3, -0.25) is 9.69 Å². The maximum absolute atomic E-state index is 12.5. The molecule has 0 bridgehead atoms. The van der Waals surface area contributed by atoms with Crippen LogP contribution in [0.3, 0.4) is 0 Å². The molecule has 0 radical (unpaired) electrons. The first-order chi connectivity index (χ1) is 13.6. The normalized spacial score (nSPS) is 25.6. The molecule has 4 N–H and O–H groups in total. The number of aromatic nitrogens is 2. The highest BCUT2D eigenvalue weighted by atomic mass is 32.1. The van der Waals surface area contributed by atoms with Crippen molar-refractivity contribution in [1.29, 1.82) is 0 Å². The number of aliphatic hydroxyl groups is 1. The summed E-state index contributed by atoms with van der Waals surface area (Å²) in [5.41, 5.74) is 7.68. The van der Waals surface area contributed by atoms with Crippen molar-refractivity contribution < 1.29 is 9.90 Å². The van der Waals surface area contributed by atoms with E-state index < -0.39 is 6.10 Å². The highest BCUT2D eigenvalue weighted by Gasteiger charge is 2.36. The highest BCUT2D eigenvalue weighted by molar-refractivity contribution is 7.19. The van der Waals surface area contributed by atoms with E-state index in [0.29, 0.717) is 37.2 Å². The number of fused-ring (bicyclic) bond motifs is 3. The van der Waals surface area contributed by atoms with Crippen LogP contribution in [0, 0.1) is 5.92 Å². The molecule has 2 aliphatic carbocycles. The number of nitrogens with zero attached hydrogens (tertiary/aromatic N) is 3. The number of carbonyl (C=O) groups is 1. The van der Waals surface area contributed by atoms with Crippen LogP contribution < -0.4 is 11.1 Å². The molecule has 1 aliphatic heterocycles. The zero-order valence-corrected chi connectivity index (χ0v) is 16.8. The van der Waals surface area contributed by atoms with Crippen molar-refractivity contribution in [2.45, 2.75) is 63.6 Å². The molecule has 1 amide bonds. The molecule has 2 aromatic rings. The molecule has 150 valence electrons. The standard InChI is InChI=1S/C20H27N5O2S/c21-18-17-12-3-1-2-4-15(12)28-20(17)24-16(23-18)10-25-8-7-14(26)13(9-25)19(27)22-11-5-6-11/h11,13-14,26H,1-10H2,(H,22,27)(H2,21,23,24)/t13-,14+/m0/s1. The van der Waals surface area contributed by atoms with Gasteiger partial charge in [0.25, 0.3) is 0 Å². The van der Waals surface area contributed by atoms with Crippen LogP contribution in [-0.4, -0.2) is 51.1 Å². The topological polar surface area (TPSA) is 104 Å². The Hall–Kier alpha value is -1.77. The molecule has 3 aliphatic rings. The minimum absolute atomic E-state index is 0.0264. The van der Waals surface area contributed by atoms with E-state index in [2.05, 4.69) is 15.2 Å². The summed E-state index contributed by atoms with van der Waals surface area (Å²) in [6, 6.07) is 0.311. The summed E-state index contributed by atoms with van der Waals surface area (Å²) in [6.07, 6.45) is 6.75. The number of carbonyl (C=O) groups excluding carboxylic acids is 1. The molecule has 8 heteroatoms. The van der Waals surface area contributed by atoms with Gasteiger partial charge in [-0.15, -0.1) is 11.3 Å². The zero-order chi connectivity index (χ0) is 19.3. The van der Waals surface area contributed by atoms with Gasteiger partial charge in [0.15, 0.2) is 0 Å². The molecule has 5 rings (SSSR count). The van der Waals surface area contributed by atoms with Crippen LogP contribution in [0.2, 0.25) is 0 Å². The third-order valence-electron chi connectivity index (χ3n) is 6.17. The van der Waals surface area contributed by atoms with Crippen LogP contribution in [-0.2, 0) is 24.2 Å². The SMILES string of the molecule is Nc1nc(CN2CC[C@@H](O)[C@@H](C(=O)NC3CC3)C2)nc2sc3c(c12)CCCC3. The minimum atomic E-state index is -0.576. The van der Waals surface area contributed by atoms with E-state index in [1.807, 2.05) is 0 Å². The number of hydrogen-bond acceptors (Lipinski definition) is 7. The monoisotopic (exact) mass is 401 g/mol. The summed E-state index contributed by atoms with van der Waals surface area (Å²) in [6.45, 7) is 1.82. The number of nitrogens with two attached hydrogens (primary N) is 1. The van der Waals surface area contributed by atoms with Gasteiger partial charge in [-0.1, -0.05) is 0 Å². The van der Waals surface area contributed by atoms with E-state index in [0.717, 1.165) is 42.4 Å². The third kappa shape index (κ3) is 3.49. The number of piperidine rings is 1. The highest BCUT2D eigenvalue weighted by Crippen LogP contribution is 2.37. The summed E-state index contributed by atoms with van der Waals surface area (Å²) >= 11 is 1.76. The lowest BCUT2D eigenvalue weighted by Gasteiger charge is -2.35. The average molecular weight is 402 g/mol. The Balaban J connectivity index is 1.33. The molecule has 2 atom stereocenters. The molecule has 3 heterocycles. The number of nitrogens with one attached hydrogen (secondary N) is 1. The largest absolute Gasteiger partial charge is 0.392 e. The second-order valence-corrected chi connectivity index (χ2v) is 9.48. The van der Waals surface area contributed by atoms with Gasteiger partial charge in [0.1, 0.15) is 16.5 Å². The predicted molar refractivity (Wildman–Crippen MR) is 109 cm³/mol. The Morgan fingerprint density at radius 1 is 1.25 bits per heavy atom. The van der Waals surface area contributed by atoms with Crippen molar-refractivity contribution in [1.82, 2.24) is 20.2 Å². The predicted octanol–water partition coefficient (Wildman–Crippen LogP) is 1.61. The molecule has 7 nitrogen and oxygen atoms in total. The summed E-state index contributed by atoms with van der Waals surface area (Å²) in [5, 5.41) is 14.4. The number of amides is 1. The van der Waals surface area contributed by atoms with E-state index in [9.17, 15) is 9.90 Å². The second-order valence-electron chi connectivity index (χ2n) is 8.40. The van der Waals surface area contributed by atoms with Crippen LogP contribution in [0.15, 0.2) is 0 Å². The minimum Gasteiger partial charge on any atom is -0.392 e. The Bertz CT molecular complexity index is 910. The van der Waals surface area contributed by atoms with E-state index in [1.165, 1.54) is 23.3 Å². The molecular formula is C20H27N5O2S. The molecule has 0 aromatic carbocycles. The van der Waals surface area contributed by atoms with Crippen LogP contribution in [0.4, 0.5) is 5.82 Å². The quantitative estimate of drug-likeness (QED) is 0.719. The fourth-order valence-electron chi connectivity index (χ4n) is 4.45. The zero-order valence-electron chi connectivity index (χ0n) is 16.0. The molecule has 28 heavy (non-hydrogen) atoms. The number of nitrogen functional groups attached to an aromatic ring is 1. The summed E-state index contributed by atoms with van der Waals surface area (Å²) in [7, 11) is 0. The number of likely N-dealkylation sites (tertiary alicyclic amines) is 1. The molecule has 1 saturated heterocycles. The first-order valence-electron chi connectivity index (χ1n) is 10.4. The van der Waals surface area contributed by atoms with Gasteiger partial charge in [-0.05, 0) is 50.5 Å². The summed E-state index contributed by atoms with van der Waals surface area (Å²) in [4.78, 5) is 26.4. The van der Waals surface area contributed by atoms with Gasteiger partial charge in [0.05, 0.1) is 24.0 Å². The first kappa shape index (κ1) is 18.3. The molecular weight excluding hydrogens is 374 g/mol. The van der Waals surface area contributed by atoms with Gasteiger partial charge in [0, 0.05) is 24.0 Å². The number of anilines is 1. The van der Waals surface area contributed by atoms with Crippen molar-refractivity contribution in [3.05, 3.63) is 16.3 Å². The van der Waals surface area contributed by atoms with Gasteiger partial charge in [-0.2, -0.15) is 0 Å². The van der Waals surface area contributed by atoms with Crippen LogP contribution in [0.5, 0.6) is 0 Å². The Morgan fingerprint density at radius 3 is 2.89 bits per heavy atom. The maximum Gasteiger partial charge on any atom is 0.227 e. The summed E-state index contributed by atoms with van der Waals surface area (Å²) < 4.78 is 0. The lowest BCUT2D eigenvalue weighted by Crippen LogP contribution is -2.50. The lowest BCUT2D eigenvalue weighted by molar-refractivity contribution is -0.131. The Morgan fingerprint density at radius 2 is 2.07 bits per heavy atom. The Labute approximate surface area is 168 Å². The van der Waals surface area contributed by atoms with Crippen molar-refractivity contribution in [2.24, 2.45) is 5.92 Å². The molecule has 2 aromatic heterocycles.